The summed E-state index contributed by atoms with van der Waals surface area (Å²) in [5, 5.41) is 2.70. The molecule has 0 aromatic heterocycles. The van der Waals surface area contributed by atoms with Gasteiger partial charge in [0.15, 0.2) is 0 Å². The maximum atomic E-state index is 13.3. The molecule has 0 radical (unpaired) electrons. The van der Waals surface area contributed by atoms with Gasteiger partial charge in [-0.15, -0.1) is 0 Å². The average molecular weight is 611 g/mol. The number of esters is 1. The Morgan fingerprint density at radius 2 is 1.23 bits per heavy atom. The predicted octanol–water partition coefficient (Wildman–Crippen LogP) is 5.18. The summed E-state index contributed by atoms with van der Waals surface area (Å²) in [7, 11) is -4.29. The van der Waals surface area contributed by atoms with E-state index in [0.29, 0.717) is 17.7 Å². The van der Waals surface area contributed by atoms with E-state index < -0.39 is 52.3 Å². The fourth-order valence-corrected chi connectivity index (χ4v) is 5.52. The van der Waals surface area contributed by atoms with Crippen molar-refractivity contribution in [3.05, 3.63) is 138 Å². The number of alkyl halides is 3. The lowest BCUT2D eigenvalue weighted by atomic mass is 10.1. The summed E-state index contributed by atoms with van der Waals surface area (Å²) in [6.07, 6.45) is -4.38. The molecule has 224 valence electrons. The first-order chi connectivity index (χ1) is 20.5. The lowest BCUT2D eigenvalue weighted by Gasteiger charge is -2.22. The number of hydrogen-bond acceptors (Lipinski definition) is 5. The van der Waals surface area contributed by atoms with Gasteiger partial charge in [0.25, 0.3) is 5.91 Å². The van der Waals surface area contributed by atoms with Crippen molar-refractivity contribution in [2.24, 2.45) is 0 Å². The Hall–Kier alpha value is -4.48. The predicted molar refractivity (Wildman–Crippen MR) is 155 cm³/mol. The quantitative estimate of drug-likeness (QED) is 0.215. The van der Waals surface area contributed by atoms with E-state index in [9.17, 15) is 31.2 Å². The second-order valence-electron chi connectivity index (χ2n) is 9.74. The van der Waals surface area contributed by atoms with Crippen molar-refractivity contribution in [2.75, 3.05) is 6.61 Å². The zero-order valence-corrected chi connectivity index (χ0v) is 23.6. The Balaban J connectivity index is 1.52. The number of nitrogens with one attached hydrogen (secondary N) is 2. The first-order valence-electron chi connectivity index (χ1n) is 13.3. The molecule has 0 aliphatic heterocycles. The van der Waals surface area contributed by atoms with E-state index in [-0.39, 0.29) is 17.7 Å². The van der Waals surface area contributed by atoms with Gasteiger partial charge in [0.1, 0.15) is 12.6 Å². The second kappa shape index (κ2) is 14.1. The summed E-state index contributed by atoms with van der Waals surface area (Å²) in [6, 6.07) is 27.2. The number of halogens is 3. The number of carbonyl (C=O) groups is 2. The largest absolute Gasteiger partial charge is 0.462 e. The van der Waals surface area contributed by atoms with Crippen LogP contribution in [0.5, 0.6) is 0 Å². The highest BCUT2D eigenvalue weighted by Gasteiger charge is 2.31. The van der Waals surface area contributed by atoms with E-state index in [1.165, 1.54) is 0 Å². The van der Waals surface area contributed by atoms with Gasteiger partial charge >= 0.3 is 12.1 Å². The fraction of sp³-hybridized carbons (Fsp3) is 0.188. The molecular weight excluding hydrogens is 581 g/mol. The molecule has 2 unspecified atom stereocenters. The Labute approximate surface area is 247 Å². The third kappa shape index (κ3) is 9.25. The van der Waals surface area contributed by atoms with Gasteiger partial charge in [-0.05, 0) is 53.9 Å². The number of hydrogen-bond donors (Lipinski definition) is 2. The van der Waals surface area contributed by atoms with E-state index in [1.807, 2.05) is 6.07 Å². The van der Waals surface area contributed by atoms with Crippen LogP contribution in [0.2, 0.25) is 0 Å². The summed E-state index contributed by atoms with van der Waals surface area (Å²) in [4.78, 5) is 25.8. The number of ether oxygens (including phenoxy) is 1. The van der Waals surface area contributed by atoms with Crippen LogP contribution >= 0.6 is 0 Å². The van der Waals surface area contributed by atoms with Gasteiger partial charge in [-0.1, -0.05) is 78.9 Å². The fourth-order valence-electron chi connectivity index (χ4n) is 4.30. The highest BCUT2D eigenvalue weighted by Crippen LogP contribution is 2.29. The van der Waals surface area contributed by atoms with Crippen molar-refractivity contribution in [2.45, 2.75) is 36.0 Å². The summed E-state index contributed by atoms with van der Waals surface area (Å²) in [6.45, 7) is -0.403. The van der Waals surface area contributed by atoms with E-state index in [2.05, 4.69) is 10.0 Å². The standard InChI is InChI=1S/C32H29F3N2O5S/c33-32(34,35)26-16-18-28(19-17-26)43(40,41)37-27(20-23-10-4-1-5-11-23)22-42-31(39)29(21-24-12-6-2-7-13-24)36-30(38)25-14-8-3-9-15-25/h1-19,27,29,37H,20-22H2,(H,36,38). The van der Waals surface area contributed by atoms with Gasteiger partial charge in [0, 0.05) is 12.0 Å². The van der Waals surface area contributed by atoms with Crippen molar-refractivity contribution in [1.29, 1.82) is 0 Å². The van der Waals surface area contributed by atoms with Crippen molar-refractivity contribution in [3.63, 3.8) is 0 Å². The first kappa shape index (κ1) is 31.5. The van der Waals surface area contributed by atoms with Gasteiger partial charge in [-0.25, -0.2) is 17.9 Å². The third-order valence-electron chi connectivity index (χ3n) is 6.47. The maximum Gasteiger partial charge on any atom is 0.416 e. The number of sulfonamides is 1. The van der Waals surface area contributed by atoms with Crippen molar-refractivity contribution < 1.29 is 35.9 Å². The number of amides is 1. The summed E-state index contributed by atoms with van der Waals surface area (Å²) < 4.78 is 73.2. The number of rotatable bonds is 12. The third-order valence-corrected chi connectivity index (χ3v) is 8.01. The van der Waals surface area contributed by atoms with Crippen LogP contribution < -0.4 is 10.0 Å². The molecule has 1 amide bonds. The summed E-state index contributed by atoms with van der Waals surface area (Å²) >= 11 is 0. The maximum absolute atomic E-state index is 13.3. The highest BCUT2D eigenvalue weighted by molar-refractivity contribution is 7.89. The molecule has 43 heavy (non-hydrogen) atoms. The molecule has 4 rings (SSSR count). The van der Waals surface area contributed by atoms with Crippen molar-refractivity contribution in [3.8, 4) is 0 Å². The molecule has 0 heterocycles. The Kier molecular flexibility index (Phi) is 10.3. The summed E-state index contributed by atoms with van der Waals surface area (Å²) in [5.41, 5.74) is 0.862. The van der Waals surface area contributed by atoms with Gasteiger partial charge in [0.05, 0.1) is 16.5 Å². The normalized spacial score (nSPS) is 13.1. The molecule has 0 spiro atoms. The topological polar surface area (TPSA) is 102 Å². The van der Waals surface area contributed by atoms with Crippen LogP contribution in [0.15, 0.2) is 120 Å². The van der Waals surface area contributed by atoms with Crippen molar-refractivity contribution in [1.82, 2.24) is 10.0 Å². The van der Waals surface area contributed by atoms with E-state index >= 15 is 0 Å². The van der Waals surface area contributed by atoms with Crippen molar-refractivity contribution >= 4 is 21.9 Å². The van der Waals surface area contributed by atoms with Crippen LogP contribution in [-0.2, 0) is 38.6 Å². The van der Waals surface area contributed by atoms with Crippen LogP contribution in [0.25, 0.3) is 0 Å². The smallest absolute Gasteiger partial charge is 0.416 e. The molecule has 0 fully saturated rings. The monoisotopic (exact) mass is 610 g/mol. The molecule has 2 atom stereocenters. The zero-order chi connectivity index (χ0) is 30.9. The van der Waals surface area contributed by atoms with E-state index in [1.54, 1.807) is 84.9 Å². The number of carbonyl (C=O) groups excluding carboxylic acids is 2. The van der Waals surface area contributed by atoms with E-state index in [0.717, 1.165) is 23.3 Å². The van der Waals surface area contributed by atoms with Crippen LogP contribution in [-0.4, -0.2) is 39.0 Å². The first-order valence-corrected chi connectivity index (χ1v) is 14.8. The minimum absolute atomic E-state index is 0.119. The zero-order valence-electron chi connectivity index (χ0n) is 22.8. The van der Waals surface area contributed by atoms with Crippen LogP contribution in [0.4, 0.5) is 13.2 Å². The van der Waals surface area contributed by atoms with Crippen LogP contribution in [0, 0.1) is 0 Å². The van der Waals surface area contributed by atoms with Gasteiger partial charge < -0.3 is 10.1 Å². The lowest BCUT2D eigenvalue weighted by molar-refractivity contribution is -0.146. The Morgan fingerprint density at radius 3 is 1.77 bits per heavy atom. The molecule has 0 bridgehead atoms. The lowest BCUT2D eigenvalue weighted by Crippen LogP contribution is -2.46. The van der Waals surface area contributed by atoms with Gasteiger partial charge in [-0.2, -0.15) is 13.2 Å². The molecule has 4 aromatic carbocycles. The molecule has 0 aliphatic rings. The van der Waals surface area contributed by atoms with Gasteiger partial charge in [-0.3, -0.25) is 4.79 Å². The molecule has 4 aromatic rings. The Bertz CT molecular complexity index is 1600. The van der Waals surface area contributed by atoms with E-state index in [4.69, 9.17) is 4.74 Å². The summed E-state index contributed by atoms with van der Waals surface area (Å²) in [5.74, 6) is -1.26. The molecule has 0 saturated heterocycles. The van der Waals surface area contributed by atoms with Gasteiger partial charge in [0.2, 0.25) is 10.0 Å². The minimum Gasteiger partial charge on any atom is -0.462 e. The molecule has 0 aliphatic carbocycles. The molecule has 0 saturated carbocycles. The molecule has 7 nitrogen and oxygen atoms in total. The molecule has 2 N–H and O–H groups in total. The van der Waals surface area contributed by atoms with Crippen LogP contribution in [0.1, 0.15) is 27.0 Å². The minimum atomic E-state index is -4.62. The second-order valence-corrected chi connectivity index (χ2v) is 11.5. The molecular formula is C32H29F3N2O5S. The highest BCUT2D eigenvalue weighted by atomic mass is 32.2. The number of benzene rings is 4. The Morgan fingerprint density at radius 1 is 0.721 bits per heavy atom. The molecule has 11 heteroatoms. The van der Waals surface area contributed by atoms with Crippen LogP contribution in [0.3, 0.4) is 0 Å². The SMILES string of the molecule is O=C(NC(Cc1ccccc1)C(=O)OCC(Cc1ccccc1)NS(=O)(=O)c1ccc(C(F)(F)F)cc1)c1ccccc1. The average Bonchev–Trinajstić information content (AvgIpc) is 3.00.